The number of hydrogen-bond donors (Lipinski definition) is 1. The molecular formula is C17H22N2O2S. The molecule has 0 unspecified atom stereocenters. The zero-order valence-corrected chi connectivity index (χ0v) is 13.7. The third kappa shape index (κ3) is 3.14. The minimum absolute atomic E-state index is 0.0269. The van der Waals surface area contributed by atoms with Crippen LogP contribution in [0.5, 0.6) is 0 Å². The fourth-order valence-electron chi connectivity index (χ4n) is 2.88. The second kappa shape index (κ2) is 6.73. The molecule has 1 saturated carbocycles. The van der Waals surface area contributed by atoms with E-state index in [0.717, 1.165) is 24.8 Å². The van der Waals surface area contributed by atoms with Crippen LogP contribution >= 0.6 is 11.8 Å². The maximum Gasteiger partial charge on any atom is 0.243 e. The van der Waals surface area contributed by atoms with Gasteiger partial charge in [-0.15, -0.1) is 11.8 Å². The van der Waals surface area contributed by atoms with Crippen molar-refractivity contribution >= 4 is 23.6 Å². The fourth-order valence-corrected chi connectivity index (χ4v) is 4.04. The molecule has 1 aromatic carbocycles. The second-order valence-corrected chi connectivity index (χ2v) is 7.10. The number of nitrogens with one attached hydrogen (secondary N) is 1. The van der Waals surface area contributed by atoms with Gasteiger partial charge in [0.2, 0.25) is 11.8 Å². The lowest BCUT2D eigenvalue weighted by Crippen LogP contribution is -2.49. The van der Waals surface area contributed by atoms with Crippen molar-refractivity contribution in [3.05, 3.63) is 35.4 Å². The van der Waals surface area contributed by atoms with Crippen LogP contribution in [0.3, 0.4) is 0 Å². The predicted molar refractivity (Wildman–Crippen MR) is 88.3 cm³/mol. The number of carbonyl (C=O) groups is 2. The Morgan fingerprint density at radius 1 is 1.32 bits per heavy atom. The van der Waals surface area contributed by atoms with E-state index in [0.29, 0.717) is 18.2 Å². The van der Waals surface area contributed by atoms with Crippen molar-refractivity contribution in [3.63, 3.8) is 0 Å². The molecule has 0 spiro atoms. The summed E-state index contributed by atoms with van der Waals surface area (Å²) in [4.78, 5) is 26.6. The van der Waals surface area contributed by atoms with E-state index < -0.39 is 0 Å². The van der Waals surface area contributed by atoms with Gasteiger partial charge in [0.1, 0.15) is 6.04 Å². The first-order valence-corrected chi connectivity index (χ1v) is 9.02. The largest absolute Gasteiger partial charge is 0.350 e. The van der Waals surface area contributed by atoms with Gasteiger partial charge < -0.3 is 10.2 Å². The van der Waals surface area contributed by atoms with Crippen molar-refractivity contribution in [1.82, 2.24) is 10.2 Å². The highest BCUT2D eigenvalue weighted by Crippen LogP contribution is 2.32. The Hall–Kier alpha value is -1.49. The molecule has 0 aromatic heterocycles. The summed E-state index contributed by atoms with van der Waals surface area (Å²) in [5, 5.41) is 3.00. The van der Waals surface area contributed by atoms with Crippen LogP contribution in [0.4, 0.5) is 0 Å². The summed E-state index contributed by atoms with van der Waals surface area (Å²) in [6.45, 7) is 2.57. The van der Waals surface area contributed by atoms with Crippen LogP contribution in [0.2, 0.25) is 0 Å². The molecular weight excluding hydrogens is 296 g/mol. The van der Waals surface area contributed by atoms with E-state index in [1.165, 1.54) is 5.56 Å². The molecule has 22 heavy (non-hydrogen) atoms. The molecule has 1 N–H and O–H groups in total. The number of aryl methyl sites for hydroxylation is 1. The Kier molecular flexibility index (Phi) is 4.71. The van der Waals surface area contributed by atoms with Gasteiger partial charge in [-0.05, 0) is 30.9 Å². The maximum absolute atomic E-state index is 12.5. The summed E-state index contributed by atoms with van der Waals surface area (Å²) in [6, 6.07) is 7.73. The zero-order valence-electron chi connectivity index (χ0n) is 12.9. The van der Waals surface area contributed by atoms with Gasteiger partial charge >= 0.3 is 0 Å². The highest BCUT2D eigenvalue weighted by atomic mass is 32.2. The predicted octanol–water partition coefficient (Wildman–Crippen LogP) is 2.31. The normalized spacial score (nSPS) is 21.5. The van der Waals surface area contributed by atoms with Crippen LogP contribution in [0.1, 0.15) is 30.4 Å². The molecule has 1 saturated heterocycles. The quantitative estimate of drug-likeness (QED) is 0.927. The molecule has 3 rings (SSSR count). The molecule has 5 heteroatoms. The molecule has 2 aliphatic rings. The SMILES string of the molecule is Cc1ccccc1CNC(=O)[C@@H]1CSCN1C(=O)C1CCC1. The van der Waals surface area contributed by atoms with Crippen LogP contribution in [-0.4, -0.2) is 34.4 Å². The number of benzene rings is 1. The smallest absolute Gasteiger partial charge is 0.243 e. The van der Waals surface area contributed by atoms with Gasteiger partial charge in [-0.1, -0.05) is 30.7 Å². The molecule has 1 heterocycles. The maximum atomic E-state index is 12.5. The number of rotatable bonds is 4. The van der Waals surface area contributed by atoms with Gasteiger partial charge in [-0.25, -0.2) is 0 Å². The zero-order chi connectivity index (χ0) is 15.5. The van der Waals surface area contributed by atoms with Gasteiger partial charge in [-0.3, -0.25) is 9.59 Å². The van der Waals surface area contributed by atoms with E-state index >= 15 is 0 Å². The van der Waals surface area contributed by atoms with Gasteiger partial charge in [0.25, 0.3) is 0 Å². The van der Waals surface area contributed by atoms with Crippen LogP contribution < -0.4 is 5.32 Å². The summed E-state index contributed by atoms with van der Waals surface area (Å²) in [5.41, 5.74) is 2.30. The van der Waals surface area contributed by atoms with Crippen LogP contribution in [-0.2, 0) is 16.1 Å². The average Bonchev–Trinajstić information content (AvgIpc) is 2.93. The molecule has 0 radical (unpaired) electrons. The van der Waals surface area contributed by atoms with E-state index in [9.17, 15) is 9.59 Å². The van der Waals surface area contributed by atoms with Crippen LogP contribution in [0.15, 0.2) is 24.3 Å². The van der Waals surface area contributed by atoms with Crippen molar-refractivity contribution < 1.29 is 9.59 Å². The molecule has 1 atom stereocenters. The van der Waals surface area contributed by atoms with E-state index in [2.05, 4.69) is 5.32 Å². The molecule has 2 fully saturated rings. The Balaban J connectivity index is 1.59. The first kappa shape index (κ1) is 15.4. The molecule has 118 valence electrons. The Morgan fingerprint density at radius 2 is 2.09 bits per heavy atom. The van der Waals surface area contributed by atoms with E-state index in [1.54, 1.807) is 16.7 Å². The van der Waals surface area contributed by atoms with E-state index in [4.69, 9.17) is 0 Å². The standard InChI is InChI=1S/C17H22N2O2S/c1-12-5-2-3-6-14(12)9-18-16(20)15-10-22-11-19(15)17(21)13-7-4-8-13/h2-3,5-6,13,15H,4,7-11H2,1H3,(H,18,20)/t15-/m0/s1. The number of carbonyl (C=O) groups excluding carboxylic acids is 2. The lowest BCUT2D eigenvalue weighted by Gasteiger charge is -2.31. The minimum Gasteiger partial charge on any atom is -0.350 e. The first-order chi connectivity index (χ1) is 10.7. The van der Waals surface area contributed by atoms with Crippen LogP contribution in [0, 0.1) is 12.8 Å². The van der Waals surface area contributed by atoms with Gasteiger partial charge in [-0.2, -0.15) is 0 Å². The summed E-state index contributed by atoms with van der Waals surface area (Å²) < 4.78 is 0. The molecule has 1 aliphatic carbocycles. The monoisotopic (exact) mass is 318 g/mol. The first-order valence-electron chi connectivity index (χ1n) is 7.87. The highest BCUT2D eigenvalue weighted by molar-refractivity contribution is 7.99. The Morgan fingerprint density at radius 3 is 2.77 bits per heavy atom. The van der Waals surface area contributed by atoms with Gasteiger partial charge in [0, 0.05) is 18.2 Å². The molecule has 2 amide bonds. The fraction of sp³-hybridized carbons (Fsp3) is 0.529. The van der Waals surface area contributed by atoms with E-state index in [1.807, 2.05) is 31.2 Å². The average molecular weight is 318 g/mol. The minimum atomic E-state index is -0.304. The van der Waals surface area contributed by atoms with E-state index in [-0.39, 0.29) is 23.8 Å². The second-order valence-electron chi connectivity index (χ2n) is 6.10. The third-order valence-corrected chi connectivity index (χ3v) is 5.65. The Bertz CT molecular complexity index is 572. The molecule has 1 aliphatic heterocycles. The lowest BCUT2D eigenvalue weighted by atomic mass is 9.84. The third-order valence-electron chi connectivity index (χ3n) is 4.64. The summed E-state index contributed by atoms with van der Waals surface area (Å²) in [6.07, 6.45) is 3.11. The summed E-state index contributed by atoms with van der Waals surface area (Å²) >= 11 is 1.67. The number of hydrogen-bond acceptors (Lipinski definition) is 3. The van der Waals surface area contributed by atoms with Crippen molar-refractivity contribution in [1.29, 1.82) is 0 Å². The highest BCUT2D eigenvalue weighted by Gasteiger charge is 2.39. The Labute approximate surface area is 135 Å². The van der Waals surface area contributed by atoms with Gasteiger partial charge in [0.15, 0.2) is 0 Å². The van der Waals surface area contributed by atoms with Crippen molar-refractivity contribution in [3.8, 4) is 0 Å². The molecule has 0 bridgehead atoms. The van der Waals surface area contributed by atoms with Crippen LogP contribution in [0.25, 0.3) is 0 Å². The van der Waals surface area contributed by atoms with Crippen molar-refractivity contribution in [2.24, 2.45) is 5.92 Å². The lowest BCUT2D eigenvalue weighted by molar-refractivity contribution is -0.143. The number of amides is 2. The summed E-state index contributed by atoms with van der Waals surface area (Å²) in [7, 11) is 0. The van der Waals surface area contributed by atoms with Gasteiger partial charge in [0.05, 0.1) is 5.88 Å². The summed E-state index contributed by atoms with van der Waals surface area (Å²) in [5.74, 6) is 1.66. The van der Waals surface area contributed by atoms with Crippen molar-refractivity contribution in [2.45, 2.75) is 38.8 Å². The number of nitrogens with zero attached hydrogens (tertiary/aromatic N) is 1. The molecule has 1 aromatic rings. The number of thioether (sulfide) groups is 1. The van der Waals surface area contributed by atoms with Crippen molar-refractivity contribution in [2.75, 3.05) is 11.6 Å². The topological polar surface area (TPSA) is 49.4 Å². The molecule has 4 nitrogen and oxygen atoms in total.